The van der Waals surface area contributed by atoms with Crippen LogP contribution in [0.2, 0.25) is 0 Å². The molecule has 2 aromatic rings. The van der Waals surface area contributed by atoms with Crippen molar-refractivity contribution in [1.82, 2.24) is 9.97 Å². The number of nitrogens with zero attached hydrogens (tertiary/aromatic N) is 2. The van der Waals surface area contributed by atoms with Crippen LogP contribution in [0.15, 0.2) is 34.2 Å². The van der Waals surface area contributed by atoms with E-state index in [1.807, 2.05) is 39.0 Å². The Labute approximate surface area is 159 Å². The first-order chi connectivity index (χ1) is 13.0. The molecular weight excluding hydrogens is 344 g/mol. The normalized spacial score (nSPS) is 11.1. The molecule has 27 heavy (non-hydrogen) atoms. The summed E-state index contributed by atoms with van der Waals surface area (Å²) in [4.78, 5) is 18.7. The molecule has 7 heteroatoms. The van der Waals surface area contributed by atoms with Crippen LogP contribution in [0.1, 0.15) is 57.7 Å². The van der Waals surface area contributed by atoms with Crippen molar-refractivity contribution in [3.05, 3.63) is 45.9 Å². The van der Waals surface area contributed by atoms with E-state index in [-0.39, 0.29) is 11.5 Å². The van der Waals surface area contributed by atoms with Crippen molar-refractivity contribution in [3.8, 4) is 11.5 Å². The van der Waals surface area contributed by atoms with Gasteiger partial charge in [0.1, 0.15) is 0 Å². The van der Waals surface area contributed by atoms with Crippen molar-refractivity contribution in [2.24, 2.45) is 5.10 Å². The van der Waals surface area contributed by atoms with Gasteiger partial charge in [0.05, 0.1) is 25.1 Å². The zero-order valence-corrected chi connectivity index (χ0v) is 16.4. The number of ether oxygens (including phenoxy) is 2. The third kappa shape index (κ3) is 6.44. The molecule has 0 aliphatic rings. The third-order valence-electron chi connectivity index (χ3n) is 3.76. The van der Waals surface area contributed by atoms with Gasteiger partial charge in [-0.2, -0.15) is 5.10 Å². The van der Waals surface area contributed by atoms with Crippen LogP contribution in [-0.2, 0) is 0 Å². The van der Waals surface area contributed by atoms with E-state index in [2.05, 4.69) is 27.4 Å². The molecule has 0 aliphatic carbocycles. The Kier molecular flexibility index (Phi) is 7.85. The molecule has 0 radical (unpaired) electrons. The van der Waals surface area contributed by atoms with E-state index in [4.69, 9.17) is 9.47 Å². The monoisotopic (exact) mass is 372 g/mol. The Morgan fingerprint density at radius 1 is 1.22 bits per heavy atom. The lowest BCUT2D eigenvalue weighted by Gasteiger charge is -2.12. The fraction of sp³-hybridized carbons (Fsp3) is 0.450. The molecule has 0 unspecified atom stereocenters. The standard InChI is InChI=1S/C20H28N4O3/c1-5-7-10-27-17-9-8-15(11-18(17)26-6-2)13-21-24-20-22-16(14(3)4)12-19(25)23-20/h8-9,11-14H,5-7,10H2,1-4H3,(H2,22,23,24,25)/b21-13-. The number of nitrogens with one attached hydrogen (secondary N) is 2. The minimum Gasteiger partial charge on any atom is -0.490 e. The zero-order valence-electron chi connectivity index (χ0n) is 16.4. The van der Waals surface area contributed by atoms with Gasteiger partial charge < -0.3 is 9.47 Å². The van der Waals surface area contributed by atoms with Gasteiger partial charge in [0.2, 0.25) is 5.95 Å². The summed E-state index contributed by atoms with van der Waals surface area (Å²) in [7, 11) is 0. The maximum atomic E-state index is 11.7. The van der Waals surface area contributed by atoms with E-state index >= 15 is 0 Å². The number of hydrazone groups is 1. The molecule has 0 atom stereocenters. The highest BCUT2D eigenvalue weighted by molar-refractivity contribution is 5.81. The maximum Gasteiger partial charge on any atom is 0.252 e. The summed E-state index contributed by atoms with van der Waals surface area (Å²) in [6, 6.07) is 7.14. The van der Waals surface area contributed by atoms with Gasteiger partial charge in [-0.3, -0.25) is 9.78 Å². The number of aromatic nitrogens is 2. The smallest absolute Gasteiger partial charge is 0.252 e. The molecule has 0 saturated heterocycles. The molecule has 0 saturated carbocycles. The predicted octanol–water partition coefficient (Wildman–Crippen LogP) is 3.92. The van der Waals surface area contributed by atoms with Crippen molar-refractivity contribution in [3.63, 3.8) is 0 Å². The molecule has 2 N–H and O–H groups in total. The molecule has 146 valence electrons. The Balaban J connectivity index is 2.10. The van der Waals surface area contributed by atoms with Crippen LogP contribution < -0.4 is 20.5 Å². The molecule has 7 nitrogen and oxygen atoms in total. The number of aromatic amines is 1. The minimum atomic E-state index is -0.210. The fourth-order valence-corrected chi connectivity index (χ4v) is 2.31. The maximum absolute atomic E-state index is 11.7. The molecule has 1 aromatic heterocycles. The number of anilines is 1. The van der Waals surface area contributed by atoms with Gasteiger partial charge >= 0.3 is 0 Å². The molecule has 0 fully saturated rings. The SMILES string of the molecule is CCCCOc1ccc(/C=N\Nc2nc(C(C)C)cc(=O)[nH]2)cc1OCC. The van der Waals surface area contributed by atoms with Gasteiger partial charge in [-0.25, -0.2) is 10.4 Å². The Morgan fingerprint density at radius 2 is 2.04 bits per heavy atom. The van der Waals surface area contributed by atoms with Crippen molar-refractivity contribution in [1.29, 1.82) is 0 Å². The molecule has 1 aromatic carbocycles. The number of H-pyrrole nitrogens is 1. The number of rotatable bonds is 10. The van der Waals surface area contributed by atoms with Crippen LogP contribution >= 0.6 is 0 Å². The molecular formula is C20H28N4O3. The Hall–Kier alpha value is -2.83. The van der Waals surface area contributed by atoms with E-state index < -0.39 is 0 Å². The molecule has 0 aliphatic heterocycles. The van der Waals surface area contributed by atoms with Gasteiger partial charge in [-0.1, -0.05) is 27.2 Å². The number of benzene rings is 1. The summed E-state index contributed by atoms with van der Waals surface area (Å²) in [6.07, 6.45) is 3.72. The second-order valence-corrected chi connectivity index (χ2v) is 6.38. The zero-order chi connectivity index (χ0) is 19.6. The van der Waals surface area contributed by atoms with E-state index in [0.717, 1.165) is 24.2 Å². The molecule has 1 heterocycles. The third-order valence-corrected chi connectivity index (χ3v) is 3.76. The molecule has 0 amide bonds. The summed E-state index contributed by atoms with van der Waals surface area (Å²) in [5.41, 5.74) is 4.11. The number of hydrogen-bond acceptors (Lipinski definition) is 6. The second kappa shape index (κ2) is 10.4. The van der Waals surface area contributed by atoms with E-state index in [9.17, 15) is 4.79 Å². The summed E-state index contributed by atoms with van der Waals surface area (Å²) in [5.74, 6) is 1.88. The van der Waals surface area contributed by atoms with Crippen LogP contribution in [0.4, 0.5) is 5.95 Å². The minimum absolute atomic E-state index is 0.158. The van der Waals surface area contributed by atoms with Crippen LogP contribution in [0.5, 0.6) is 11.5 Å². The number of hydrogen-bond donors (Lipinski definition) is 2. The topological polar surface area (TPSA) is 88.6 Å². The lowest BCUT2D eigenvalue weighted by Crippen LogP contribution is -2.12. The van der Waals surface area contributed by atoms with E-state index in [0.29, 0.717) is 30.6 Å². The quantitative estimate of drug-likeness (QED) is 0.375. The second-order valence-electron chi connectivity index (χ2n) is 6.38. The largest absolute Gasteiger partial charge is 0.490 e. The predicted molar refractivity (Wildman–Crippen MR) is 108 cm³/mol. The van der Waals surface area contributed by atoms with Gasteiger partial charge in [-0.15, -0.1) is 0 Å². The van der Waals surface area contributed by atoms with E-state index in [1.165, 1.54) is 6.07 Å². The highest BCUT2D eigenvalue weighted by Gasteiger charge is 2.06. The van der Waals surface area contributed by atoms with Gasteiger partial charge in [0.15, 0.2) is 11.5 Å². The van der Waals surface area contributed by atoms with Crippen molar-refractivity contribution in [2.45, 2.75) is 46.5 Å². The summed E-state index contributed by atoms with van der Waals surface area (Å²) in [6.45, 7) is 9.23. The fourth-order valence-electron chi connectivity index (χ4n) is 2.31. The van der Waals surface area contributed by atoms with Gasteiger partial charge in [-0.05, 0) is 43.0 Å². The highest BCUT2D eigenvalue weighted by Crippen LogP contribution is 2.28. The summed E-state index contributed by atoms with van der Waals surface area (Å²) in [5, 5.41) is 4.16. The first-order valence-electron chi connectivity index (χ1n) is 9.33. The van der Waals surface area contributed by atoms with E-state index in [1.54, 1.807) is 6.21 Å². The number of unbranched alkanes of at least 4 members (excludes halogenated alkanes) is 1. The molecule has 0 spiro atoms. The van der Waals surface area contributed by atoms with Crippen molar-refractivity contribution >= 4 is 12.2 Å². The Bertz CT molecular complexity index is 815. The average molecular weight is 372 g/mol. The summed E-state index contributed by atoms with van der Waals surface area (Å²) < 4.78 is 11.4. The molecule has 0 bridgehead atoms. The van der Waals surface area contributed by atoms with Crippen LogP contribution in [0, 0.1) is 0 Å². The van der Waals surface area contributed by atoms with Crippen LogP contribution in [0.3, 0.4) is 0 Å². The van der Waals surface area contributed by atoms with Gasteiger partial charge in [0, 0.05) is 6.07 Å². The first-order valence-corrected chi connectivity index (χ1v) is 9.33. The van der Waals surface area contributed by atoms with Crippen molar-refractivity contribution in [2.75, 3.05) is 18.6 Å². The van der Waals surface area contributed by atoms with Crippen LogP contribution in [0.25, 0.3) is 0 Å². The average Bonchev–Trinajstić information content (AvgIpc) is 2.63. The summed E-state index contributed by atoms with van der Waals surface area (Å²) >= 11 is 0. The van der Waals surface area contributed by atoms with Gasteiger partial charge in [0.25, 0.3) is 5.56 Å². The van der Waals surface area contributed by atoms with Crippen molar-refractivity contribution < 1.29 is 9.47 Å². The lowest BCUT2D eigenvalue weighted by atomic mass is 10.1. The molecule has 2 rings (SSSR count). The highest BCUT2D eigenvalue weighted by atomic mass is 16.5. The Morgan fingerprint density at radius 3 is 2.74 bits per heavy atom. The van der Waals surface area contributed by atoms with Crippen LogP contribution in [-0.4, -0.2) is 29.4 Å². The lowest BCUT2D eigenvalue weighted by molar-refractivity contribution is 0.272. The first kappa shape index (κ1) is 20.5.